The third kappa shape index (κ3) is 5.52. The van der Waals surface area contributed by atoms with Crippen molar-refractivity contribution in [2.24, 2.45) is 5.73 Å². The number of hydrogen-bond donors (Lipinski definition) is 2. The van der Waals surface area contributed by atoms with E-state index in [2.05, 4.69) is 22.1 Å². The lowest BCUT2D eigenvalue weighted by Gasteiger charge is -2.10. The van der Waals surface area contributed by atoms with Gasteiger partial charge in [-0.3, -0.25) is 14.2 Å². The van der Waals surface area contributed by atoms with Gasteiger partial charge in [0.2, 0.25) is 5.91 Å². The fraction of sp³-hybridized carbons (Fsp3) is 0.182. The molecule has 0 saturated heterocycles. The number of thioether (sulfide) groups is 1. The van der Waals surface area contributed by atoms with Crippen LogP contribution in [0.4, 0.5) is 5.69 Å². The fourth-order valence-corrected chi connectivity index (χ4v) is 3.64. The molecule has 2 amide bonds. The molecule has 0 saturated carbocycles. The minimum absolute atomic E-state index is 0.0889. The minimum Gasteiger partial charge on any atom is -0.494 e. The normalized spacial score (nSPS) is 10.5. The van der Waals surface area contributed by atoms with Crippen LogP contribution in [0.5, 0.6) is 5.75 Å². The van der Waals surface area contributed by atoms with Gasteiger partial charge in [-0.05, 0) is 43.3 Å². The molecule has 2 aromatic carbocycles. The highest BCUT2D eigenvalue weighted by atomic mass is 32.2. The number of hydrogen-bond acceptors (Lipinski definition) is 6. The number of allylic oxidation sites excluding steroid dienone is 1. The molecule has 0 radical (unpaired) electrons. The van der Waals surface area contributed by atoms with Gasteiger partial charge in [0.05, 0.1) is 23.6 Å². The van der Waals surface area contributed by atoms with Crippen LogP contribution in [0.25, 0.3) is 11.4 Å². The van der Waals surface area contributed by atoms with Gasteiger partial charge in [-0.25, -0.2) is 0 Å². The summed E-state index contributed by atoms with van der Waals surface area (Å²) >= 11 is 1.24. The van der Waals surface area contributed by atoms with Crippen LogP contribution < -0.4 is 15.8 Å². The van der Waals surface area contributed by atoms with Gasteiger partial charge in [-0.1, -0.05) is 30.0 Å². The van der Waals surface area contributed by atoms with E-state index in [4.69, 9.17) is 10.5 Å². The Morgan fingerprint density at radius 3 is 2.61 bits per heavy atom. The average molecular weight is 438 g/mol. The minimum atomic E-state index is -0.603. The van der Waals surface area contributed by atoms with E-state index in [-0.39, 0.29) is 17.2 Å². The van der Waals surface area contributed by atoms with Crippen LogP contribution in [-0.4, -0.2) is 38.9 Å². The van der Waals surface area contributed by atoms with Crippen LogP contribution in [0, 0.1) is 0 Å². The Hall–Kier alpha value is -3.59. The predicted molar refractivity (Wildman–Crippen MR) is 121 cm³/mol. The zero-order valence-corrected chi connectivity index (χ0v) is 17.9. The third-order valence-corrected chi connectivity index (χ3v) is 5.22. The van der Waals surface area contributed by atoms with Crippen LogP contribution in [0.2, 0.25) is 0 Å². The monoisotopic (exact) mass is 437 g/mol. The molecule has 0 fully saturated rings. The predicted octanol–water partition coefficient (Wildman–Crippen LogP) is 3.36. The molecule has 9 heteroatoms. The number of benzene rings is 2. The van der Waals surface area contributed by atoms with Crippen LogP contribution in [0.15, 0.2) is 66.3 Å². The summed E-state index contributed by atoms with van der Waals surface area (Å²) in [6.07, 6.45) is 1.74. The summed E-state index contributed by atoms with van der Waals surface area (Å²) in [6, 6.07) is 14.2. The second-order valence-electron chi connectivity index (χ2n) is 6.41. The molecule has 1 aromatic heterocycles. The number of carbonyl (C=O) groups is 2. The van der Waals surface area contributed by atoms with Crippen molar-refractivity contribution < 1.29 is 14.3 Å². The first-order chi connectivity index (χ1) is 15.0. The number of nitrogens with one attached hydrogen (secondary N) is 1. The molecule has 160 valence electrons. The van der Waals surface area contributed by atoms with Gasteiger partial charge in [0, 0.05) is 12.1 Å². The van der Waals surface area contributed by atoms with Crippen LogP contribution in [0.1, 0.15) is 17.3 Å². The quantitative estimate of drug-likeness (QED) is 0.372. The van der Waals surface area contributed by atoms with E-state index in [1.807, 2.05) is 35.8 Å². The lowest BCUT2D eigenvalue weighted by molar-refractivity contribution is -0.113. The van der Waals surface area contributed by atoms with E-state index >= 15 is 0 Å². The molecule has 1 heterocycles. The van der Waals surface area contributed by atoms with Crippen LogP contribution in [0.3, 0.4) is 0 Å². The Labute approximate surface area is 184 Å². The summed E-state index contributed by atoms with van der Waals surface area (Å²) in [7, 11) is 0. The number of para-hydroxylation sites is 1. The summed E-state index contributed by atoms with van der Waals surface area (Å²) in [5.74, 6) is 0.656. The van der Waals surface area contributed by atoms with Gasteiger partial charge in [-0.2, -0.15) is 0 Å². The van der Waals surface area contributed by atoms with Crippen molar-refractivity contribution in [2.45, 2.75) is 18.6 Å². The molecular formula is C22H23N5O3S. The Morgan fingerprint density at radius 2 is 1.94 bits per heavy atom. The van der Waals surface area contributed by atoms with Gasteiger partial charge in [-0.15, -0.1) is 16.8 Å². The van der Waals surface area contributed by atoms with Crippen molar-refractivity contribution in [1.29, 1.82) is 0 Å². The summed E-state index contributed by atoms with van der Waals surface area (Å²) < 4.78 is 7.37. The SMILES string of the molecule is C=CCn1c(SCC(=O)Nc2ccccc2C(N)=O)nnc1-c1ccc(OCC)cc1. The number of carbonyl (C=O) groups excluding carboxylic acids is 2. The number of aromatic nitrogens is 3. The molecule has 0 unspecified atom stereocenters. The number of ether oxygens (including phenoxy) is 1. The third-order valence-electron chi connectivity index (χ3n) is 4.25. The highest BCUT2D eigenvalue weighted by Gasteiger charge is 2.16. The highest BCUT2D eigenvalue weighted by Crippen LogP contribution is 2.26. The molecule has 3 N–H and O–H groups in total. The smallest absolute Gasteiger partial charge is 0.250 e. The van der Waals surface area contributed by atoms with E-state index in [9.17, 15) is 9.59 Å². The zero-order valence-electron chi connectivity index (χ0n) is 17.1. The van der Waals surface area contributed by atoms with Crippen LogP contribution in [-0.2, 0) is 11.3 Å². The number of primary amides is 1. The van der Waals surface area contributed by atoms with Crippen LogP contribution >= 0.6 is 11.8 Å². The second-order valence-corrected chi connectivity index (χ2v) is 7.35. The second kappa shape index (κ2) is 10.4. The lowest BCUT2D eigenvalue weighted by Crippen LogP contribution is -2.19. The first-order valence-corrected chi connectivity index (χ1v) is 10.6. The summed E-state index contributed by atoms with van der Waals surface area (Å²) in [4.78, 5) is 24.0. The molecule has 31 heavy (non-hydrogen) atoms. The highest BCUT2D eigenvalue weighted by molar-refractivity contribution is 7.99. The van der Waals surface area contributed by atoms with E-state index < -0.39 is 5.91 Å². The lowest BCUT2D eigenvalue weighted by atomic mass is 10.1. The molecule has 0 atom stereocenters. The molecule has 0 aliphatic rings. The zero-order chi connectivity index (χ0) is 22.2. The molecule has 3 rings (SSSR count). The van der Waals surface area contributed by atoms with Crippen molar-refractivity contribution in [2.75, 3.05) is 17.7 Å². The van der Waals surface area contributed by atoms with Crippen molar-refractivity contribution in [3.63, 3.8) is 0 Å². The molecule has 0 aliphatic carbocycles. The topological polar surface area (TPSA) is 112 Å². The number of nitrogens with zero attached hydrogens (tertiary/aromatic N) is 3. The summed E-state index contributed by atoms with van der Waals surface area (Å²) in [5.41, 5.74) is 6.87. The Balaban J connectivity index is 1.72. The Morgan fingerprint density at radius 1 is 1.19 bits per heavy atom. The number of nitrogens with two attached hydrogens (primary N) is 1. The van der Waals surface area contributed by atoms with E-state index in [1.54, 1.807) is 30.3 Å². The summed E-state index contributed by atoms with van der Waals surface area (Å²) in [5, 5.41) is 11.8. The maximum absolute atomic E-state index is 12.4. The molecule has 0 aliphatic heterocycles. The van der Waals surface area contributed by atoms with Crippen molar-refractivity contribution in [3.8, 4) is 17.1 Å². The van der Waals surface area contributed by atoms with Gasteiger partial charge in [0.25, 0.3) is 5.91 Å². The molecular weight excluding hydrogens is 414 g/mol. The molecule has 8 nitrogen and oxygen atoms in total. The Kier molecular flexibility index (Phi) is 7.45. The molecule has 0 spiro atoms. The molecule has 3 aromatic rings. The maximum atomic E-state index is 12.4. The standard InChI is InChI=1S/C22H23N5O3S/c1-3-13-27-21(15-9-11-16(12-10-15)30-4-2)25-26-22(27)31-14-19(28)24-18-8-6-5-7-17(18)20(23)29/h3,5-12H,1,4,13-14H2,2H3,(H2,23,29)(H,24,28). The largest absolute Gasteiger partial charge is 0.494 e. The van der Waals surface area contributed by atoms with Crippen molar-refractivity contribution in [3.05, 3.63) is 66.7 Å². The van der Waals surface area contributed by atoms with Crippen molar-refractivity contribution in [1.82, 2.24) is 14.8 Å². The maximum Gasteiger partial charge on any atom is 0.250 e. The summed E-state index contributed by atoms with van der Waals surface area (Å²) in [6.45, 7) is 6.82. The first-order valence-electron chi connectivity index (χ1n) is 9.62. The van der Waals surface area contributed by atoms with Crippen molar-refractivity contribution >= 4 is 29.3 Å². The van der Waals surface area contributed by atoms with Gasteiger partial charge in [0.1, 0.15) is 5.75 Å². The van der Waals surface area contributed by atoms with Gasteiger partial charge in [0.15, 0.2) is 11.0 Å². The number of amides is 2. The molecule has 0 bridgehead atoms. The van der Waals surface area contributed by atoms with Gasteiger partial charge < -0.3 is 15.8 Å². The van der Waals surface area contributed by atoms with E-state index in [0.717, 1.165) is 11.3 Å². The fourth-order valence-electron chi connectivity index (χ4n) is 2.89. The van der Waals surface area contributed by atoms with E-state index in [1.165, 1.54) is 11.8 Å². The first kappa shape index (κ1) is 22.1. The Bertz CT molecular complexity index is 1080. The van der Waals surface area contributed by atoms with Gasteiger partial charge >= 0.3 is 0 Å². The van der Waals surface area contributed by atoms with E-state index in [0.29, 0.717) is 29.8 Å². The number of anilines is 1. The average Bonchev–Trinajstić information content (AvgIpc) is 3.16. The number of rotatable bonds is 10.